The molecule has 8 heteroatoms. The Kier molecular flexibility index (Phi) is 4.85. The van der Waals surface area contributed by atoms with Crippen LogP contribution in [0.5, 0.6) is 5.75 Å². The van der Waals surface area contributed by atoms with Crippen LogP contribution < -0.4 is 25.5 Å². The molecule has 0 unspecified atom stereocenters. The van der Waals surface area contributed by atoms with E-state index in [1.54, 1.807) is 55.7 Å². The molecule has 2 aromatic carbocycles. The Bertz CT molecular complexity index is 1270. The summed E-state index contributed by atoms with van der Waals surface area (Å²) >= 11 is 6.91. The molecule has 1 aliphatic rings. The Hall–Kier alpha value is -3.16. The van der Waals surface area contributed by atoms with E-state index < -0.39 is 0 Å². The molecule has 3 aromatic rings. The van der Waals surface area contributed by atoms with Crippen molar-refractivity contribution in [2.24, 2.45) is 4.99 Å². The van der Waals surface area contributed by atoms with Crippen LogP contribution in [-0.2, 0) is 4.79 Å². The largest absolute Gasteiger partial charge is 0.497 e. The van der Waals surface area contributed by atoms with Gasteiger partial charge in [-0.15, -0.1) is 0 Å². The minimum Gasteiger partial charge on any atom is -0.497 e. The summed E-state index contributed by atoms with van der Waals surface area (Å²) in [5.41, 5.74) is 1.16. The van der Waals surface area contributed by atoms with E-state index in [4.69, 9.17) is 16.3 Å². The van der Waals surface area contributed by atoms with Crippen molar-refractivity contribution in [2.45, 2.75) is 0 Å². The van der Waals surface area contributed by atoms with Crippen LogP contribution in [0.2, 0.25) is 5.02 Å². The van der Waals surface area contributed by atoms with E-state index in [-0.39, 0.29) is 10.8 Å². The highest BCUT2D eigenvalue weighted by atomic mass is 35.5. The zero-order valence-electron chi connectivity index (χ0n) is 14.7. The summed E-state index contributed by atoms with van der Waals surface area (Å²) in [7, 11) is 1.56. The highest BCUT2D eigenvalue weighted by molar-refractivity contribution is 7.10. The van der Waals surface area contributed by atoms with Gasteiger partial charge in [-0.3, -0.25) is 14.6 Å². The van der Waals surface area contributed by atoms with E-state index in [1.165, 1.54) is 0 Å². The van der Waals surface area contributed by atoms with E-state index in [0.717, 1.165) is 22.2 Å². The molecule has 6 nitrogen and oxygen atoms in total. The van der Waals surface area contributed by atoms with Crippen molar-refractivity contribution < 1.29 is 9.53 Å². The lowest BCUT2D eigenvalue weighted by molar-refractivity contribution is -0.114. The van der Waals surface area contributed by atoms with Gasteiger partial charge in [-0.1, -0.05) is 22.9 Å². The molecule has 140 valence electrons. The van der Waals surface area contributed by atoms with Crippen LogP contribution in [-0.4, -0.2) is 18.0 Å². The number of ether oxygens (including phenoxy) is 1. The number of nitrogens with zero attached hydrogens (tertiary/aromatic N) is 1. The SMILES string of the molecule is COc1ccc2c(c1)=NC(=O)/C(=C\c1sc(=O)[nH]c1Nc1ccc(Cl)cc1)C=2. The number of nitrogens with one attached hydrogen (secondary N) is 2. The van der Waals surface area contributed by atoms with Gasteiger partial charge in [-0.2, -0.15) is 0 Å². The molecule has 0 bridgehead atoms. The average molecular weight is 412 g/mol. The number of carbonyl (C=O) groups is 1. The number of hydrogen-bond donors (Lipinski definition) is 2. The third kappa shape index (κ3) is 3.76. The van der Waals surface area contributed by atoms with Crippen molar-refractivity contribution in [2.75, 3.05) is 12.4 Å². The molecule has 1 amide bonds. The number of thiazole rings is 1. The van der Waals surface area contributed by atoms with Crippen LogP contribution >= 0.6 is 22.9 Å². The van der Waals surface area contributed by atoms with Crippen molar-refractivity contribution in [1.82, 2.24) is 4.98 Å². The van der Waals surface area contributed by atoms with Crippen molar-refractivity contribution in [3.05, 3.63) is 78.2 Å². The number of H-pyrrole nitrogens is 1. The van der Waals surface area contributed by atoms with Crippen LogP contribution in [0.1, 0.15) is 4.88 Å². The van der Waals surface area contributed by atoms with Crippen LogP contribution in [0.3, 0.4) is 0 Å². The molecular weight excluding hydrogens is 398 g/mol. The lowest BCUT2D eigenvalue weighted by Crippen LogP contribution is -2.30. The normalized spacial score (nSPS) is 14.2. The van der Waals surface area contributed by atoms with Gasteiger partial charge in [0.1, 0.15) is 11.6 Å². The number of benzene rings is 2. The lowest BCUT2D eigenvalue weighted by atomic mass is 10.1. The van der Waals surface area contributed by atoms with Crippen molar-refractivity contribution in [3.63, 3.8) is 0 Å². The van der Waals surface area contributed by atoms with E-state index in [9.17, 15) is 9.59 Å². The highest BCUT2D eigenvalue weighted by Gasteiger charge is 2.14. The zero-order valence-corrected chi connectivity index (χ0v) is 16.2. The standard InChI is InChI=1S/C20H14ClN3O3S/c1-27-15-7-2-11-8-12(19(25)23-16(11)10-15)9-17-18(24-20(26)28-17)22-14-5-3-13(21)4-6-14/h2-10,22H,1H3,(H,24,26)/b12-9-. The fraction of sp³-hybridized carbons (Fsp3) is 0.0500. The maximum absolute atomic E-state index is 12.4. The molecule has 0 radical (unpaired) electrons. The van der Waals surface area contributed by atoms with Gasteiger partial charge in [0.05, 0.1) is 17.3 Å². The molecule has 0 aliphatic carbocycles. The molecule has 1 aromatic heterocycles. The first kappa shape index (κ1) is 18.2. The number of carbonyl (C=O) groups excluding carboxylic acids is 1. The van der Waals surface area contributed by atoms with Crippen LogP contribution in [0, 0.1) is 0 Å². The van der Waals surface area contributed by atoms with Crippen LogP contribution in [0.15, 0.2) is 57.8 Å². The molecular formula is C20H14ClN3O3S. The van der Waals surface area contributed by atoms with Crippen molar-refractivity contribution in [1.29, 1.82) is 0 Å². The molecule has 0 atom stereocenters. The lowest BCUT2D eigenvalue weighted by Gasteiger charge is -2.07. The van der Waals surface area contributed by atoms with Gasteiger partial charge < -0.3 is 10.1 Å². The molecule has 28 heavy (non-hydrogen) atoms. The van der Waals surface area contributed by atoms with Crippen molar-refractivity contribution in [3.8, 4) is 5.75 Å². The first-order valence-corrected chi connectivity index (χ1v) is 9.47. The second-order valence-corrected chi connectivity index (χ2v) is 7.42. The summed E-state index contributed by atoms with van der Waals surface area (Å²) < 4.78 is 5.17. The second-order valence-electron chi connectivity index (χ2n) is 5.97. The van der Waals surface area contributed by atoms with Gasteiger partial charge in [-0.05, 0) is 48.6 Å². The fourth-order valence-electron chi connectivity index (χ4n) is 2.73. The van der Waals surface area contributed by atoms with Gasteiger partial charge >= 0.3 is 4.87 Å². The number of methoxy groups -OCH3 is 1. The van der Waals surface area contributed by atoms with E-state index in [1.807, 2.05) is 6.07 Å². The maximum Gasteiger partial charge on any atom is 0.306 e. The molecule has 0 fully saturated rings. The van der Waals surface area contributed by atoms with Crippen LogP contribution in [0.25, 0.3) is 12.2 Å². The topological polar surface area (TPSA) is 83.5 Å². The summed E-state index contributed by atoms with van der Waals surface area (Å²) in [6, 6.07) is 12.4. The molecule has 1 aliphatic heterocycles. The van der Waals surface area contributed by atoms with Crippen molar-refractivity contribution >= 4 is 52.5 Å². The smallest absolute Gasteiger partial charge is 0.306 e. The minimum absolute atomic E-state index is 0.228. The Morgan fingerprint density at radius 3 is 2.71 bits per heavy atom. The number of hydrogen-bond acceptors (Lipinski definition) is 5. The third-order valence-electron chi connectivity index (χ3n) is 4.09. The fourth-order valence-corrected chi connectivity index (χ4v) is 3.60. The Morgan fingerprint density at radius 2 is 1.96 bits per heavy atom. The zero-order chi connectivity index (χ0) is 19.7. The van der Waals surface area contributed by atoms with Gasteiger partial charge in [0.25, 0.3) is 5.91 Å². The molecule has 0 saturated heterocycles. The van der Waals surface area contributed by atoms with E-state index in [2.05, 4.69) is 15.3 Å². The van der Waals surface area contributed by atoms with Gasteiger partial charge in [-0.25, -0.2) is 4.99 Å². The third-order valence-corrected chi connectivity index (χ3v) is 5.18. The molecule has 0 saturated carbocycles. The quantitative estimate of drug-likeness (QED) is 0.646. The first-order chi connectivity index (χ1) is 13.5. The monoisotopic (exact) mass is 411 g/mol. The number of fused-ring (bicyclic) bond motifs is 1. The highest BCUT2D eigenvalue weighted by Crippen LogP contribution is 2.25. The van der Waals surface area contributed by atoms with E-state index >= 15 is 0 Å². The summed E-state index contributed by atoms with van der Waals surface area (Å²) in [4.78, 5) is 31.6. The van der Waals surface area contributed by atoms with Gasteiger partial charge in [0, 0.05) is 27.6 Å². The summed E-state index contributed by atoms with van der Waals surface area (Å²) in [6.07, 6.45) is 3.40. The molecule has 2 N–H and O–H groups in total. The van der Waals surface area contributed by atoms with Gasteiger partial charge in [0.2, 0.25) is 0 Å². The van der Waals surface area contributed by atoms with Crippen LogP contribution in [0.4, 0.5) is 11.5 Å². The maximum atomic E-state index is 12.4. The number of aromatic nitrogens is 1. The number of halogens is 1. The Labute approximate surface area is 168 Å². The summed E-state index contributed by atoms with van der Waals surface area (Å²) in [5, 5.41) is 5.12. The van der Waals surface area contributed by atoms with E-state index in [0.29, 0.717) is 32.4 Å². The summed E-state index contributed by atoms with van der Waals surface area (Å²) in [5.74, 6) is 0.764. The second kappa shape index (κ2) is 7.46. The number of amides is 1. The predicted molar refractivity (Wildman–Crippen MR) is 111 cm³/mol. The van der Waals surface area contributed by atoms with Gasteiger partial charge in [0.15, 0.2) is 0 Å². The number of anilines is 2. The predicted octanol–water partition coefficient (Wildman–Crippen LogP) is 2.87. The summed E-state index contributed by atoms with van der Waals surface area (Å²) in [6.45, 7) is 0. The molecule has 2 heterocycles. The molecule has 0 spiro atoms. The number of rotatable bonds is 4. The first-order valence-electron chi connectivity index (χ1n) is 8.28. The Balaban J connectivity index is 1.72. The average Bonchev–Trinajstić information content (AvgIpc) is 3.02. The molecule has 4 rings (SSSR count). The minimum atomic E-state index is -0.376. The Morgan fingerprint density at radius 1 is 1.18 bits per heavy atom. The number of aromatic amines is 1.